The number of nitrogens with one attached hydrogen (secondary N) is 1. The summed E-state index contributed by atoms with van der Waals surface area (Å²) in [5, 5.41) is 3.25. The first-order valence-corrected chi connectivity index (χ1v) is 8.79. The topological polar surface area (TPSA) is 67.9 Å². The number of nitrogens with zero attached hydrogens (tertiary/aromatic N) is 1. The first-order chi connectivity index (χ1) is 12.1. The van der Waals surface area contributed by atoms with Crippen LogP contribution in [0.3, 0.4) is 0 Å². The van der Waals surface area contributed by atoms with E-state index in [-0.39, 0.29) is 24.3 Å². The summed E-state index contributed by atoms with van der Waals surface area (Å²) in [5.74, 6) is 0.872. The molecule has 0 aliphatic carbocycles. The normalized spacial score (nSPS) is 26.4. The minimum Gasteiger partial charge on any atom is -0.497 e. The van der Waals surface area contributed by atoms with Gasteiger partial charge in [-0.25, -0.2) is 0 Å². The first kappa shape index (κ1) is 17.7. The van der Waals surface area contributed by atoms with Gasteiger partial charge in [-0.2, -0.15) is 0 Å². The van der Waals surface area contributed by atoms with Gasteiger partial charge >= 0.3 is 0 Å². The number of amides is 2. The molecule has 3 rings (SSSR count). The predicted molar refractivity (Wildman–Crippen MR) is 93.5 cm³/mol. The van der Waals surface area contributed by atoms with Crippen molar-refractivity contribution in [1.82, 2.24) is 10.2 Å². The van der Waals surface area contributed by atoms with Gasteiger partial charge in [0.1, 0.15) is 12.4 Å². The smallest absolute Gasteiger partial charge is 0.248 e. The summed E-state index contributed by atoms with van der Waals surface area (Å²) in [6.45, 7) is 1.17. The monoisotopic (exact) mass is 346 g/mol. The fraction of sp³-hybridized carbons (Fsp3) is 0.579. The number of ether oxygens (including phenoxy) is 2. The van der Waals surface area contributed by atoms with Crippen molar-refractivity contribution < 1.29 is 19.1 Å². The van der Waals surface area contributed by atoms with Crippen LogP contribution in [0.15, 0.2) is 24.3 Å². The summed E-state index contributed by atoms with van der Waals surface area (Å²) >= 11 is 0. The Labute approximate surface area is 148 Å². The van der Waals surface area contributed by atoms with Gasteiger partial charge in [0.2, 0.25) is 11.8 Å². The number of likely N-dealkylation sites (tertiary alicyclic amines) is 1. The Bertz CT molecular complexity index is 648. The summed E-state index contributed by atoms with van der Waals surface area (Å²) in [7, 11) is 3.17. The summed E-state index contributed by atoms with van der Waals surface area (Å²) in [4.78, 5) is 26.5. The number of benzene rings is 1. The van der Waals surface area contributed by atoms with Crippen LogP contribution in [0.2, 0.25) is 0 Å². The molecule has 6 heteroatoms. The van der Waals surface area contributed by atoms with Gasteiger partial charge in [0.15, 0.2) is 0 Å². The molecule has 2 saturated heterocycles. The molecular formula is C19H26N2O4. The van der Waals surface area contributed by atoms with Crippen LogP contribution >= 0.6 is 0 Å². The van der Waals surface area contributed by atoms with E-state index in [1.807, 2.05) is 23.1 Å². The van der Waals surface area contributed by atoms with E-state index in [0.29, 0.717) is 19.5 Å². The summed E-state index contributed by atoms with van der Waals surface area (Å²) < 4.78 is 10.4. The molecule has 1 spiro atoms. The van der Waals surface area contributed by atoms with E-state index in [9.17, 15) is 9.59 Å². The summed E-state index contributed by atoms with van der Waals surface area (Å²) in [6, 6.07) is 7.93. The van der Waals surface area contributed by atoms with Gasteiger partial charge in [-0.05, 0) is 30.5 Å². The van der Waals surface area contributed by atoms with Crippen molar-refractivity contribution >= 4 is 11.8 Å². The summed E-state index contributed by atoms with van der Waals surface area (Å²) in [5.41, 5.74) is 0.679. The zero-order valence-electron chi connectivity index (χ0n) is 14.9. The number of hydrogen-bond donors (Lipinski definition) is 1. The highest BCUT2D eigenvalue weighted by Gasteiger charge is 2.49. The number of carbonyl (C=O) groups excluding carboxylic acids is 2. The van der Waals surface area contributed by atoms with E-state index in [4.69, 9.17) is 9.47 Å². The van der Waals surface area contributed by atoms with E-state index in [2.05, 4.69) is 11.4 Å². The van der Waals surface area contributed by atoms with E-state index in [0.717, 1.165) is 30.6 Å². The second-order valence-corrected chi connectivity index (χ2v) is 6.95. The SMILES string of the molecule is COCC(=O)N1C[C@@H](c2cccc(OC)c2)[C@@]2(CCCCC(=O)N2)C1. The Hall–Kier alpha value is -2.08. The molecule has 0 aromatic heterocycles. The van der Waals surface area contributed by atoms with Crippen LogP contribution in [0.25, 0.3) is 0 Å². The van der Waals surface area contributed by atoms with Gasteiger partial charge in [-0.15, -0.1) is 0 Å². The van der Waals surface area contributed by atoms with E-state index >= 15 is 0 Å². The molecule has 6 nitrogen and oxygen atoms in total. The average Bonchev–Trinajstić information content (AvgIpc) is 2.87. The molecule has 0 unspecified atom stereocenters. The van der Waals surface area contributed by atoms with E-state index in [1.54, 1.807) is 7.11 Å². The lowest BCUT2D eigenvalue weighted by atomic mass is 9.79. The Morgan fingerprint density at radius 2 is 2.20 bits per heavy atom. The standard InChI is InChI=1S/C19H26N2O4/c1-24-12-18(23)21-11-16(14-6-5-7-15(10-14)25-2)19(13-21)9-4-3-8-17(22)20-19/h5-7,10,16H,3-4,8-9,11-13H2,1-2H3,(H,20,22)/t16-,19+/m0/s1. The molecular weight excluding hydrogens is 320 g/mol. The van der Waals surface area contributed by atoms with Crippen molar-refractivity contribution in [2.45, 2.75) is 37.1 Å². The van der Waals surface area contributed by atoms with Gasteiger partial charge in [-0.1, -0.05) is 18.6 Å². The molecule has 2 atom stereocenters. The molecule has 0 radical (unpaired) electrons. The van der Waals surface area contributed by atoms with Crippen LogP contribution in [-0.4, -0.2) is 56.2 Å². The third-order valence-electron chi connectivity index (χ3n) is 5.32. The Morgan fingerprint density at radius 3 is 2.96 bits per heavy atom. The van der Waals surface area contributed by atoms with Crippen LogP contribution in [-0.2, 0) is 14.3 Å². The molecule has 2 aliphatic rings. The van der Waals surface area contributed by atoms with Crippen molar-refractivity contribution in [3.05, 3.63) is 29.8 Å². The third-order valence-corrected chi connectivity index (χ3v) is 5.32. The van der Waals surface area contributed by atoms with Gasteiger partial charge in [0.25, 0.3) is 0 Å². The second-order valence-electron chi connectivity index (χ2n) is 6.95. The minimum atomic E-state index is -0.413. The quantitative estimate of drug-likeness (QED) is 0.901. The molecule has 25 heavy (non-hydrogen) atoms. The lowest BCUT2D eigenvalue weighted by molar-refractivity contribution is -0.134. The van der Waals surface area contributed by atoms with Gasteiger partial charge < -0.3 is 19.7 Å². The van der Waals surface area contributed by atoms with Crippen LogP contribution in [0.5, 0.6) is 5.75 Å². The van der Waals surface area contributed by atoms with Gasteiger partial charge in [0.05, 0.1) is 12.6 Å². The van der Waals surface area contributed by atoms with Crippen LogP contribution in [0.4, 0.5) is 0 Å². The highest BCUT2D eigenvalue weighted by atomic mass is 16.5. The van der Waals surface area contributed by atoms with Crippen LogP contribution in [0, 0.1) is 0 Å². The van der Waals surface area contributed by atoms with Crippen molar-refractivity contribution in [3.8, 4) is 5.75 Å². The summed E-state index contributed by atoms with van der Waals surface area (Å²) in [6.07, 6.45) is 3.30. The fourth-order valence-corrected chi connectivity index (χ4v) is 4.11. The maximum Gasteiger partial charge on any atom is 0.248 e. The molecule has 136 valence electrons. The minimum absolute atomic E-state index is 0.0363. The lowest BCUT2D eigenvalue weighted by Crippen LogP contribution is -2.53. The van der Waals surface area contributed by atoms with E-state index < -0.39 is 5.54 Å². The molecule has 1 N–H and O–H groups in total. The van der Waals surface area contributed by atoms with Crippen molar-refractivity contribution in [1.29, 1.82) is 0 Å². The van der Waals surface area contributed by atoms with Gasteiger partial charge in [-0.3, -0.25) is 9.59 Å². The Morgan fingerprint density at radius 1 is 1.36 bits per heavy atom. The molecule has 1 aromatic rings. The van der Waals surface area contributed by atoms with Crippen molar-refractivity contribution in [3.63, 3.8) is 0 Å². The Balaban J connectivity index is 1.95. The number of carbonyl (C=O) groups is 2. The third kappa shape index (κ3) is 3.63. The predicted octanol–water partition coefficient (Wildman–Crippen LogP) is 1.70. The second kappa shape index (κ2) is 7.44. The van der Waals surface area contributed by atoms with E-state index in [1.165, 1.54) is 7.11 Å². The lowest BCUT2D eigenvalue weighted by Gasteiger charge is -2.34. The largest absolute Gasteiger partial charge is 0.497 e. The maximum absolute atomic E-state index is 12.4. The molecule has 0 saturated carbocycles. The highest BCUT2D eigenvalue weighted by molar-refractivity contribution is 5.80. The molecule has 2 aliphatic heterocycles. The van der Waals surface area contributed by atoms with Crippen molar-refractivity contribution in [2.75, 3.05) is 33.9 Å². The molecule has 2 amide bonds. The van der Waals surface area contributed by atoms with Crippen LogP contribution in [0.1, 0.15) is 37.2 Å². The average molecular weight is 346 g/mol. The molecule has 1 aromatic carbocycles. The number of methoxy groups -OCH3 is 2. The first-order valence-electron chi connectivity index (χ1n) is 8.79. The van der Waals surface area contributed by atoms with Crippen molar-refractivity contribution in [2.24, 2.45) is 0 Å². The highest BCUT2D eigenvalue weighted by Crippen LogP contribution is 2.41. The number of rotatable bonds is 4. The van der Waals surface area contributed by atoms with Gasteiger partial charge in [0, 0.05) is 32.5 Å². The Kier molecular flexibility index (Phi) is 5.27. The zero-order chi connectivity index (χ0) is 17.9. The zero-order valence-corrected chi connectivity index (χ0v) is 14.9. The molecule has 2 heterocycles. The maximum atomic E-state index is 12.4. The molecule has 2 fully saturated rings. The van der Waals surface area contributed by atoms with Crippen LogP contribution < -0.4 is 10.1 Å². The fourth-order valence-electron chi connectivity index (χ4n) is 4.11. The number of hydrogen-bond acceptors (Lipinski definition) is 4. The molecule has 0 bridgehead atoms.